The van der Waals surface area contributed by atoms with Crippen LogP contribution in [-0.4, -0.2) is 58.7 Å². The van der Waals surface area contributed by atoms with Gasteiger partial charge in [0.25, 0.3) is 0 Å². The average molecular weight is 565 g/mol. The Kier molecular flexibility index (Phi) is 8.95. The summed E-state index contributed by atoms with van der Waals surface area (Å²) in [5.74, 6) is -1.60. The molecule has 0 bridgehead atoms. The number of esters is 1. The zero-order valence-corrected chi connectivity index (χ0v) is 22.9. The minimum Gasteiger partial charge on any atom is -0.497 e. The number of ketones is 1. The molecule has 9 nitrogen and oxygen atoms in total. The molecule has 0 spiro atoms. The molecule has 0 fully saturated rings. The Hall–Kier alpha value is -4.22. The topological polar surface area (TPSA) is 125 Å². The molecule has 0 saturated carbocycles. The van der Waals surface area contributed by atoms with E-state index in [9.17, 15) is 19.5 Å². The Balaban J connectivity index is 1.88. The molecule has 11 heteroatoms. The average Bonchev–Trinajstić information content (AvgIpc) is 3.43. The molecule has 200 valence electrons. The summed E-state index contributed by atoms with van der Waals surface area (Å²) < 4.78 is 24.0. The van der Waals surface area contributed by atoms with Gasteiger partial charge < -0.3 is 19.3 Å². The summed E-state index contributed by atoms with van der Waals surface area (Å²) in [6.45, 7) is -0.376. The van der Waals surface area contributed by atoms with Crippen LogP contribution in [0.2, 0.25) is 0 Å². The Morgan fingerprint density at radius 2 is 1.64 bits per heavy atom. The van der Waals surface area contributed by atoms with Crippen LogP contribution >= 0.6 is 23.5 Å². The molecule has 4 rings (SSSR count). The van der Waals surface area contributed by atoms with Crippen LogP contribution in [0, 0.1) is 0 Å². The largest absolute Gasteiger partial charge is 0.497 e. The van der Waals surface area contributed by atoms with Crippen LogP contribution < -0.4 is 9.47 Å². The first-order chi connectivity index (χ1) is 18.8. The molecule has 0 amide bonds. The van der Waals surface area contributed by atoms with Gasteiger partial charge in [-0.15, -0.1) is 11.8 Å². The zero-order valence-electron chi connectivity index (χ0n) is 21.3. The normalized spacial score (nSPS) is 11.6. The third-order valence-corrected chi connectivity index (χ3v) is 7.20. The number of allylic oxidation sites excluding steroid dienone is 1. The lowest BCUT2D eigenvalue weighted by atomic mass is 9.89. The predicted molar refractivity (Wildman–Crippen MR) is 149 cm³/mol. The molecule has 0 unspecified atom stereocenters. The van der Waals surface area contributed by atoms with Gasteiger partial charge in [-0.1, -0.05) is 12.1 Å². The molecule has 4 aromatic rings. The van der Waals surface area contributed by atoms with Crippen LogP contribution in [0.3, 0.4) is 0 Å². The number of fused-ring (bicyclic) bond motifs is 1. The highest BCUT2D eigenvalue weighted by Crippen LogP contribution is 2.32. The van der Waals surface area contributed by atoms with Crippen LogP contribution in [0.25, 0.3) is 16.6 Å². The molecule has 0 radical (unpaired) electrons. The quantitative estimate of drug-likeness (QED) is 0.116. The fourth-order valence-electron chi connectivity index (χ4n) is 3.89. The maximum absolute atomic E-state index is 13.9. The van der Waals surface area contributed by atoms with Crippen molar-refractivity contribution in [2.45, 2.75) is 11.3 Å². The summed E-state index contributed by atoms with van der Waals surface area (Å²) in [4.78, 5) is 39.4. The van der Waals surface area contributed by atoms with Gasteiger partial charge in [-0.2, -0.15) is 8.75 Å². The van der Waals surface area contributed by atoms with Crippen molar-refractivity contribution in [3.8, 4) is 11.5 Å². The number of carboxylic acids is 1. The third kappa shape index (κ3) is 6.44. The van der Waals surface area contributed by atoms with E-state index in [-0.39, 0.29) is 29.9 Å². The molecule has 1 heterocycles. The van der Waals surface area contributed by atoms with Crippen LogP contribution in [0.15, 0.2) is 71.1 Å². The summed E-state index contributed by atoms with van der Waals surface area (Å²) in [7, 11) is 2.73. The number of rotatable bonds is 11. The highest BCUT2D eigenvalue weighted by Gasteiger charge is 2.26. The second kappa shape index (κ2) is 12.5. The fraction of sp³-hybridized carbons (Fsp3) is 0.179. The predicted octanol–water partition coefficient (Wildman–Crippen LogP) is 4.94. The Morgan fingerprint density at radius 3 is 2.31 bits per heavy atom. The van der Waals surface area contributed by atoms with E-state index in [1.807, 2.05) is 6.26 Å². The number of methoxy groups -OCH3 is 2. The van der Waals surface area contributed by atoms with Crippen molar-refractivity contribution in [3.05, 3.63) is 82.9 Å². The summed E-state index contributed by atoms with van der Waals surface area (Å²) in [6, 6.07) is 16.8. The van der Waals surface area contributed by atoms with Gasteiger partial charge in [0.1, 0.15) is 22.5 Å². The number of thioether (sulfide) groups is 1. The van der Waals surface area contributed by atoms with Gasteiger partial charge in [0.15, 0.2) is 12.4 Å². The van der Waals surface area contributed by atoms with Crippen molar-refractivity contribution >= 4 is 57.8 Å². The lowest BCUT2D eigenvalue weighted by Crippen LogP contribution is -2.16. The maximum atomic E-state index is 13.9. The number of benzene rings is 3. The van der Waals surface area contributed by atoms with E-state index < -0.39 is 17.7 Å². The van der Waals surface area contributed by atoms with E-state index in [0.717, 1.165) is 16.6 Å². The summed E-state index contributed by atoms with van der Waals surface area (Å²) in [6.07, 6.45) is 1.83. The number of aromatic nitrogens is 2. The van der Waals surface area contributed by atoms with Crippen molar-refractivity contribution in [1.29, 1.82) is 0 Å². The number of hydrogen-bond acceptors (Lipinski definition) is 10. The van der Waals surface area contributed by atoms with Crippen LogP contribution in [-0.2, 0) is 20.7 Å². The van der Waals surface area contributed by atoms with Gasteiger partial charge in [-0.05, 0) is 59.8 Å². The summed E-state index contributed by atoms with van der Waals surface area (Å²) >= 11 is 2.55. The van der Waals surface area contributed by atoms with Gasteiger partial charge in [0.2, 0.25) is 0 Å². The van der Waals surface area contributed by atoms with Crippen molar-refractivity contribution in [2.24, 2.45) is 0 Å². The van der Waals surface area contributed by atoms with E-state index in [4.69, 9.17) is 9.47 Å². The molecule has 1 aromatic heterocycles. The first kappa shape index (κ1) is 27.8. The molecule has 0 aliphatic heterocycles. The number of carboxylic acid groups (broad SMARTS) is 1. The van der Waals surface area contributed by atoms with Crippen molar-refractivity contribution in [3.63, 3.8) is 0 Å². The van der Waals surface area contributed by atoms with Gasteiger partial charge in [0.05, 0.1) is 31.5 Å². The molecule has 1 N–H and O–H groups in total. The van der Waals surface area contributed by atoms with Crippen LogP contribution in [0.5, 0.6) is 11.5 Å². The zero-order chi connectivity index (χ0) is 27.9. The van der Waals surface area contributed by atoms with E-state index in [1.54, 1.807) is 60.7 Å². The molecule has 3 aromatic carbocycles. The van der Waals surface area contributed by atoms with Gasteiger partial charge in [-0.25, -0.2) is 9.59 Å². The number of aliphatic carboxylic acids is 1. The SMILES string of the molecule is COC(=O)COc1cc(OC)ccc1CC(C(=O)c1ccc(SC)cc1)=C(C(=O)O)c1ccc2nsnc2c1. The summed E-state index contributed by atoms with van der Waals surface area (Å²) in [5, 5.41) is 10.4. The molecule has 0 saturated heterocycles. The molecule has 39 heavy (non-hydrogen) atoms. The first-order valence-corrected chi connectivity index (χ1v) is 13.5. The Bertz CT molecular complexity index is 1560. The second-order valence-corrected chi connectivity index (χ2v) is 9.61. The minimum atomic E-state index is -1.27. The second-order valence-electron chi connectivity index (χ2n) is 8.20. The Morgan fingerprint density at radius 1 is 0.923 bits per heavy atom. The molecular formula is C28H24N2O7S2. The number of carbonyl (C=O) groups excluding carboxylic acids is 2. The maximum Gasteiger partial charge on any atom is 0.343 e. The molecule has 0 atom stereocenters. The minimum absolute atomic E-state index is 0.0371. The monoisotopic (exact) mass is 564 g/mol. The first-order valence-electron chi connectivity index (χ1n) is 11.6. The van der Waals surface area contributed by atoms with Crippen LogP contribution in [0.1, 0.15) is 21.5 Å². The standard InChI is InChI=1S/C28H24N2O7S2/c1-35-19-8-4-17(24(14-19)37-15-25(31)36-2)12-21(27(32)16-5-9-20(38-3)10-6-16)26(28(33)34)18-7-11-22-23(13-18)30-39-29-22/h4-11,13-14H,12,15H2,1-3H3,(H,33,34). The third-order valence-electron chi connectivity index (χ3n) is 5.90. The van der Waals surface area contributed by atoms with E-state index >= 15 is 0 Å². The van der Waals surface area contributed by atoms with E-state index in [0.29, 0.717) is 33.5 Å². The van der Waals surface area contributed by atoms with Gasteiger partial charge in [-0.3, -0.25) is 4.79 Å². The van der Waals surface area contributed by atoms with E-state index in [1.165, 1.54) is 26.0 Å². The Labute approximate surface area is 232 Å². The highest BCUT2D eigenvalue weighted by atomic mass is 32.2. The summed E-state index contributed by atoms with van der Waals surface area (Å²) in [5.41, 5.74) is 2.16. The fourth-order valence-corrected chi connectivity index (χ4v) is 4.82. The number of nitrogens with zero attached hydrogens (tertiary/aromatic N) is 2. The van der Waals surface area contributed by atoms with Crippen LogP contribution in [0.4, 0.5) is 0 Å². The highest BCUT2D eigenvalue weighted by molar-refractivity contribution is 7.98. The van der Waals surface area contributed by atoms with E-state index in [2.05, 4.69) is 13.5 Å². The molecule has 0 aliphatic rings. The van der Waals surface area contributed by atoms with Crippen molar-refractivity contribution in [2.75, 3.05) is 27.1 Å². The lowest BCUT2D eigenvalue weighted by molar-refractivity contribution is -0.143. The molecular weight excluding hydrogens is 540 g/mol. The van der Waals surface area contributed by atoms with Gasteiger partial charge >= 0.3 is 11.9 Å². The number of carbonyl (C=O) groups is 3. The van der Waals surface area contributed by atoms with Crippen molar-refractivity contribution < 1.29 is 33.7 Å². The lowest BCUT2D eigenvalue weighted by Gasteiger charge is -2.16. The number of ether oxygens (including phenoxy) is 3. The molecule has 0 aliphatic carbocycles. The van der Waals surface area contributed by atoms with Gasteiger partial charge in [0, 0.05) is 28.5 Å². The smallest absolute Gasteiger partial charge is 0.343 e. The number of hydrogen-bond donors (Lipinski definition) is 1. The van der Waals surface area contributed by atoms with Crippen molar-refractivity contribution in [1.82, 2.24) is 8.75 Å². The number of Topliss-reactive ketones (excluding diaryl/α,β-unsaturated/α-hetero) is 1.